The minimum Gasteiger partial charge on any atom is -0.306 e. The Balaban J connectivity index is 2.56. The molecule has 0 saturated heterocycles. The van der Waals surface area contributed by atoms with Gasteiger partial charge in [0.25, 0.3) is 5.56 Å². The van der Waals surface area contributed by atoms with Gasteiger partial charge >= 0.3 is 0 Å². The first-order chi connectivity index (χ1) is 9.02. The van der Waals surface area contributed by atoms with E-state index in [1.165, 1.54) is 11.1 Å². The molecule has 0 atom stereocenters. The van der Waals surface area contributed by atoms with Gasteiger partial charge in [0.2, 0.25) is 0 Å². The molecule has 3 nitrogen and oxygen atoms in total. The number of hydrogen-bond donors (Lipinski definition) is 1. The number of hydrogen-bond acceptors (Lipinski definition) is 2. The highest BCUT2D eigenvalue weighted by Gasteiger charge is 2.10. The van der Waals surface area contributed by atoms with Crippen LogP contribution >= 0.6 is 15.9 Å². The van der Waals surface area contributed by atoms with Crippen LogP contribution in [0.25, 0.3) is 11.4 Å². The minimum atomic E-state index is -0.119. The first-order valence-corrected chi connectivity index (χ1v) is 7.18. The van der Waals surface area contributed by atoms with Crippen molar-refractivity contribution in [1.82, 2.24) is 9.97 Å². The second-order valence-corrected chi connectivity index (χ2v) is 5.52. The molecule has 4 heteroatoms. The number of aromatic amines is 1. The van der Waals surface area contributed by atoms with Gasteiger partial charge in [-0.05, 0) is 53.4 Å². The van der Waals surface area contributed by atoms with E-state index in [4.69, 9.17) is 0 Å². The second-order valence-electron chi connectivity index (χ2n) is 4.72. The van der Waals surface area contributed by atoms with Crippen LogP contribution in [-0.4, -0.2) is 9.97 Å². The maximum absolute atomic E-state index is 11.9. The number of aromatic nitrogens is 2. The molecule has 1 aromatic heterocycles. The van der Waals surface area contributed by atoms with E-state index in [0.29, 0.717) is 10.3 Å². The smallest absolute Gasteiger partial charge is 0.265 e. The summed E-state index contributed by atoms with van der Waals surface area (Å²) in [5, 5.41) is 0. The maximum atomic E-state index is 11.9. The van der Waals surface area contributed by atoms with Crippen LogP contribution in [0.15, 0.2) is 27.5 Å². The first-order valence-electron chi connectivity index (χ1n) is 6.39. The molecule has 2 aromatic rings. The third kappa shape index (κ3) is 2.95. The molecule has 0 aliphatic rings. The quantitative estimate of drug-likeness (QED) is 0.935. The third-order valence-electron chi connectivity index (χ3n) is 3.20. The van der Waals surface area contributed by atoms with Gasteiger partial charge in [-0.3, -0.25) is 4.79 Å². The Labute approximate surface area is 121 Å². The van der Waals surface area contributed by atoms with Crippen LogP contribution in [-0.2, 0) is 6.42 Å². The van der Waals surface area contributed by atoms with E-state index in [2.05, 4.69) is 52.7 Å². The fourth-order valence-corrected chi connectivity index (χ4v) is 2.32. The molecule has 0 spiro atoms. The monoisotopic (exact) mass is 320 g/mol. The van der Waals surface area contributed by atoms with Crippen LogP contribution in [0.4, 0.5) is 0 Å². The third-order valence-corrected chi connectivity index (χ3v) is 4.02. The van der Waals surface area contributed by atoms with Gasteiger partial charge in [0.15, 0.2) is 0 Å². The van der Waals surface area contributed by atoms with Gasteiger partial charge in [0.05, 0.1) is 5.69 Å². The van der Waals surface area contributed by atoms with Crippen LogP contribution < -0.4 is 5.56 Å². The van der Waals surface area contributed by atoms with E-state index in [1.54, 1.807) is 0 Å². The summed E-state index contributed by atoms with van der Waals surface area (Å²) in [6.45, 7) is 6.20. The molecular formula is C15H17BrN2O. The summed E-state index contributed by atoms with van der Waals surface area (Å²) in [6, 6.07) is 6.09. The summed E-state index contributed by atoms with van der Waals surface area (Å²) in [5.41, 5.74) is 4.08. The van der Waals surface area contributed by atoms with Gasteiger partial charge in [0, 0.05) is 5.56 Å². The Morgan fingerprint density at radius 1 is 1.26 bits per heavy atom. The molecule has 0 aliphatic heterocycles. The number of aryl methyl sites for hydroxylation is 3. The van der Waals surface area contributed by atoms with Gasteiger partial charge in [-0.1, -0.05) is 25.5 Å². The Morgan fingerprint density at radius 2 is 2.00 bits per heavy atom. The Bertz CT molecular complexity index is 662. The van der Waals surface area contributed by atoms with Crippen molar-refractivity contribution >= 4 is 15.9 Å². The number of H-pyrrole nitrogens is 1. The number of halogens is 1. The standard InChI is InChI=1S/C15H17BrN2O/c1-4-5-12-13(16)15(19)18-14(17-12)11-7-6-9(2)10(3)8-11/h6-8H,4-5H2,1-3H3,(H,17,18,19). The Kier molecular flexibility index (Phi) is 4.20. The van der Waals surface area contributed by atoms with Crippen molar-refractivity contribution in [3.8, 4) is 11.4 Å². The number of benzene rings is 1. The van der Waals surface area contributed by atoms with E-state index >= 15 is 0 Å². The Morgan fingerprint density at radius 3 is 2.63 bits per heavy atom. The van der Waals surface area contributed by atoms with Gasteiger partial charge in [-0.15, -0.1) is 0 Å². The molecule has 1 aromatic carbocycles. The lowest BCUT2D eigenvalue weighted by atomic mass is 10.1. The first kappa shape index (κ1) is 14.0. The molecule has 0 fully saturated rings. The van der Waals surface area contributed by atoms with Gasteiger partial charge in [0.1, 0.15) is 10.3 Å². The average Bonchev–Trinajstić information content (AvgIpc) is 2.38. The van der Waals surface area contributed by atoms with Crippen LogP contribution in [0.5, 0.6) is 0 Å². The molecule has 0 unspecified atom stereocenters. The molecule has 0 radical (unpaired) electrons. The van der Waals surface area contributed by atoms with Gasteiger partial charge in [-0.25, -0.2) is 4.98 Å². The summed E-state index contributed by atoms with van der Waals surface area (Å²) in [4.78, 5) is 19.3. The van der Waals surface area contributed by atoms with E-state index in [1.807, 2.05) is 12.1 Å². The lowest BCUT2D eigenvalue weighted by molar-refractivity contribution is 0.861. The topological polar surface area (TPSA) is 45.8 Å². The fraction of sp³-hybridized carbons (Fsp3) is 0.333. The van der Waals surface area contributed by atoms with Crippen LogP contribution in [0.2, 0.25) is 0 Å². The predicted molar refractivity (Wildman–Crippen MR) is 81.5 cm³/mol. The van der Waals surface area contributed by atoms with Crippen molar-refractivity contribution in [2.45, 2.75) is 33.6 Å². The fourth-order valence-electron chi connectivity index (χ4n) is 1.93. The minimum absolute atomic E-state index is 0.119. The molecule has 19 heavy (non-hydrogen) atoms. The summed E-state index contributed by atoms with van der Waals surface area (Å²) in [7, 11) is 0. The molecule has 0 saturated carbocycles. The molecule has 2 rings (SSSR count). The molecule has 100 valence electrons. The number of nitrogens with one attached hydrogen (secondary N) is 1. The number of rotatable bonds is 3. The zero-order chi connectivity index (χ0) is 14.0. The van der Waals surface area contributed by atoms with Crippen molar-refractivity contribution < 1.29 is 0 Å². The SMILES string of the molecule is CCCc1nc(-c2ccc(C)c(C)c2)[nH]c(=O)c1Br. The highest BCUT2D eigenvalue weighted by molar-refractivity contribution is 9.10. The molecule has 0 amide bonds. The molecule has 0 aliphatic carbocycles. The largest absolute Gasteiger partial charge is 0.306 e. The lowest BCUT2D eigenvalue weighted by Crippen LogP contribution is -2.13. The summed E-state index contributed by atoms with van der Waals surface area (Å²) in [6.07, 6.45) is 1.75. The van der Waals surface area contributed by atoms with Gasteiger partial charge in [-0.2, -0.15) is 0 Å². The summed E-state index contributed by atoms with van der Waals surface area (Å²) in [5.74, 6) is 0.639. The van der Waals surface area contributed by atoms with Crippen LogP contribution in [0, 0.1) is 13.8 Å². The maximum Gasteiger partial charge on any atom is 0.265 e. The lowest BCUT2D eigenvalue weighted by Gasteiger charge is -2.08. The Hall–Kier alpha value is -1.42. The normalized spacial score (nSPS) is 10.7. The zero-order valence-electron chi connectivity index (χ0n) is 11.4. The van der Waals surface area contributed by atoms with Crippen molar-refractivity contribution in [1.29, 1.82) is 0 Å². The van der Waals surface area contributed by atoms with Crippen molar-refractivity contribution in [2.24, 2.45) is 0 Å². The van der Waals surface area contributed by atoms with Gasteiger partial charge < -0.3 is 4.98 Å². The highest BCUT2D eigenvalue weighted by atomic mass is 79.9. The van der Waals surface area contributed by atoms with E-state index < -0.39 is 0 Å². The zero-order valence-corrected chi connectivity index (χ0v) is 13.0. The molecule has 0 bridgehead atoms. The van der Waals surface area contributed by atoms with E-state index in [-0.39, 0.29) is 5.56 Å². The number of nitrogens with zero attached hydrogens (tertiary/aromatic N) is 1. The van der Waals surface area contributed by atoms with Crippen LogP contribution in [0.1, 0.15) is 30.2 Å². The van der Waals surface area contributed by atoms with Crippen molar-refractivity contribution in [3.05, 3.63) is 49.8 Å². The van der Waals surface area contributed by atoms with Crippen molar-refractivity contribution in [3.63, 3.8) is 0 Å². The van der Waals surface area contributed by atoms with E-state index in [0.717, 1.165) is 24.1 Å². The van der Waals surface area contributed by atoms with E-state index in [9.17, 15) is 4.79 Å². The highest BCUT2D eigenvalue weighted by Crippen LogP contribution is 2.20. The summed E-state index contributed by atoms with van der Waals surface area (Å²) >= 11 is 3.31. The molecule has 1 heterocycles. The average molecular weight is 321 g/mol. The van der Waals surface area contributed by atoms with Crippen molar-refractivity contribution in [2.75, 3.05) is 0 Å². The second kappa shape index (κ2) is 5.70. The molecule has 1 N–H and O–H groups in total. The predicted octanol–water partition coefficient (Wildman–Crippen LogP) is 3.77. The summed E-state index contributed by atoms with van der Waals surface area (Å²) < 4.78 is 0.543. The van der Waals surface area contributed by atoms with Crippen LogP contribution in [0.3, 0.4) is 0 Å². The molecular weight excluding hydrogens is 304 g/mol.